The summed E-state index contributed by atoms with van der Waals surface area (Å²) in [6, 6.07) is 0. The molecule has 154 valence electrons. The van der Waals surface area contributed by atoms with Crippen LogP contribution in [0.1, 0.15) is 58.8 Å². The van der Waals surface area contributed by atoms with Gasteiger partial charge in [0.25, 0.3) is 0 Å². The maximum Gasteiger partial charge on any atom is 0.220 e. The quantitative estimate of drug-likeness (QED) is 0.481. The SMILES string of the molecule is CCCCC(=O)NCCn1ncc2c(N3CCCCC3)nc(SCCC)nc21. The largest absolute Gasteiger partial charge is 0.356 e. The minimum Gasteiger partial charge on any atom is -0.356 e. The van der Waals surface area contributed by atoms with E-state index in [1.54, 1.807) is 11.8 Å². The summed E-state index contributed by atoms with van der Waals surface area (Å²) < 4.78 is 1.90. The third kappa shape index (κ3) is 5.37. The number of carbonyl (C=O) groups is 1. The summed E-state index contributed by atoms with van der Waals surface area (Å²) >= 11 is 1.70. The Morgan fingerprint density at radius 2 is 2.00 bits per heavy atom. The van der Waals surface area contributed by atoms with Gasteiger partial charge in [0.15, 0.2) is 10.8 Å². The summed E-state index contributed by atoms with van der Waals surface area (Å²) in [5, 5.41) is 9.38. The second-order valence-corrected chi connectivity index (χ2v) is 8.35. The van der Waals surface area contributed by atoms with Crippen LogP contribution in [0.5, 0.6) is 0 Å². The normalized spacial score (nSPS) is 14.6. The molecular formula is C20H32N6OS. The Bertz CT molecular complexity index is 771. The Balaban J connectivity index is 1.78. The topological polar surface area (TPSA) is 75.9 Å². The van der Waals surface area contributed by atoms with Crippen molar-refractivity contribution in [2.75, 3.05) is 30.3 Å². The van der Waals surface area contributed by atoms with Crippen LogP contribution in [0.25, 0.3) is 11.0 Å². The Morgan fingerprint density at radius 3 is 2.75 bits per heavy atom. The van der Waals surface area contributed by atoms with E-state index in [2.05, 4.69) is 29.2 Å². The van der Waals surface area contributed by atoms with Crippen LogP contribution in [-0.2, 0) is 11.3 Å². The van der Waals surface area contributed by atoms with Crippen molar-refractivity contribution in [1.29, 1.82) is 0 Å². The molecule has 1 fully saturated rings. The molecule has 28 heavy (non-hydrogen) atoms. The first kappa shape index (κ1) is 20.9. The van der Waals surface area contributed by atoms with Crippen molar-refractivity contribution in [2.45, 2.75) is 70.5 Å². The number of nitrogens with one attached hydrogen (secondary N) is 1. The van der Waals surface area contributed by atoms with Gasteiger partial charge in [0.1, 0.15) is 5.82 Å². The molecule has 1 saturated heterocycles. The second kappa shape index (κ2) is 10.6. The van der Waals surface area contributed by atoms with Crippen molar-refractivity contribution in [2.24, 2.45) is 0 Å². The minimum atomic E-state index is 0.112. The predicted octanol–water partition coefficient (Wildman–Crippen LogP) is 3.63. The van der Waals surface area contributed by atoms with Crippen LogP contribution < -0.4 is 10.2 Å². The fraction of sp³-hybridized carbons (Fsp3) is 0.700. The van der Waals surface area contributed by atoms with Gasteiger partial charge in [-0.15, -0.1) is 0 Å². The first-order valence-corrected chi connectivity index (χ1v) is 11.6. The summed E-state index contributed by atoms with van der Waals surface area (Å²) in [5.41, 5.74) is 0.872. The highest BCUT2D eigenvalue weighted by Crippen LogP contribution is 2.29. The lowest BCUT2D eigenvalue weighted by Gasteiger charge is -2.28. The minimum absolute atomic E-state index is 0.112. The van der Waals surface area contributed by atoms with Crippen LogP contribution in [0.3, 0.4) is 0 Å². The van der Waals surface area contributed by atoms with E-state index in [1.807, 2.05) is 10.9 Å². The van der Waals surface area contributed by atoms with E-state index in [-0.39, 0.29) is 5.91 Å². The van der Waals surface area contributed by atoms with Crippen LogP contribution in [-0.4, -0.2) is 51.0 Å². The summed E-state index contributed by atoms with van der Waals surface area (Å²) in [6.07, 6.45) is 9.24. The van der Waals surface area contributed by atoms with Gasteiger partial charge in [0, 0.05) is 31.8 Å². The Labute approximate surface area is 171 Å². The van der Waals surface area contributed by atoms with Gasteiger partial charge >= 0.3 is 0 Å². The zero-order valence-corrected chi connectivity index (χ0v) is 17.9. The number of anilines is 1. The van der Waals surface area contributed by atoms with E-state index in [4.69, 9.17) is 9.97 Å². The number of nitrogens with zero attached hydrogens (tertiary/aromatic N) is 5. The summed E-state index contributed by atoms with van der Waals surface area (Å²) in [4.78, 5) is 23.9. The van der Waals surface area contributed by atoms with Gasteiger partial charge in [-0.3, -0.25) is 4.79 Å². The molecule has 0 spiro atoms. The highest BCUT2D eigenvalue weighted by molar-refractivity contribution is 7.99. The van der Waals surface area contributed by atoms with Gasteiger partial charge in [-0.25, -0.2) is 14.6 Å². The van der Waals surface area contributed by atoms with Crippen LogP contribution in [0.15, 0.2) is 11.4 Å². The van der Waals surface area contributed by atoms with Crippen LogP contribution in [0.4, 0.5) is 5.82 Å². The van der Waals surface area contributed by atoms with Crippen molar-refractivity contribution >= 4 is 34.5 Å². The van der Waals surface area contributed by atoms with Gasteiger partial charge < -0.3 is 10.2 Å². The zero-order chi connectivity index (χ0) is 19.8. The molecule has 0 atom stereocenters. The first-order chi connectivity index (χ1) is 13.7. The molecule has 1 amide bonds. The van der Waals surface area contributed by atoms with E-state index in [9.17, 15) is 4.79 Å². The van der Waals surface area contributed by atoms with Crippen molar-refractivity contribution < 1.29 is 4.79 Å². The Kier molecular flexibility index (Phi) is 7.94. The second-order valence-electron chi connectivity index (χ2n) is 7.28. The van der Waals surface area contributed by atoms with E-state index < -0.39 is 0 Å². The van der Waals surface area contributed by atoms with E-state index >= 15 is 0 Å². The van der Waals surface area contributed by atoms with Gasteiger partial charge in [-0.05, 0) is 32.1 Å². The van der Waals surface area contributed by atoms with Crippen LogP contribution in [0, 0.1) is 0 Å². The number of fused-ring (bicyclic) bond motifs is 1. The molecule has 0 aromatic carbocycles. The van der Waals surface area contributed by atoms with Crippen molar-refractivity contribution in [3.05, 3.63) is 6.20 Å². The molecule has 0 radical (unpaired) electrons. The molecule has 1 aliphatic rings. The lowest BCUT2D eigenvalue weighted by molar-refractivity contribution is -0.121. The van der Waals surface area contributed by atoms with E-state index in [0.29, 0.717) is 19.5 Å². The fourth-order valence-electron chi connectivity index (χ4n) is 3.42. The molecule has 0 aliphatic carbocycles. The first-order valence-electron chi connectivity index (χ1n) is 10.6. The molecule has 3 heterocycles. The molecule has 1 N–H and O–H groups in total. The van der Waals surface area contributed by atoms with E-state index in [1.165, 1.54) is 19.3 Å². The third-order valence-corrected chi connectivity index (χ3v) is 6.00. The van der Waals surface area contributed by atoms with Gasteiger partial charge in [-0.1, -0.05) is 32.0 Å². The standard InChI is InChI=1S/C20H32N6OS/c1-3-5-9-17(27)21-10-13-26-19-16(15-22-26)18(25-11-7-6-8-12-25)23-20(24-19)28-14-4-2/h15H,3-14H2,1-2H3,(H,21,27). The molecule has 1 aliphatic heterocycles. The molecular weight excluding hydrogens is 372 g/mol. The van der Waals surface area contributed by atoms with Gasteiger partial charge in [-0.2, -0.15) is 5.10 Å². The molecule has 0 saturated carbocycles. The fourth-order valence-corrected chi connectivity index (χ4v) is 4.10. The molecule has 0 unspecified atom stereocenters. The van der Waals surface area contributed by atoms with Crippen molar-refractivity contribution in [1.82, 2.24) is 25.1 Å². The Hall–Kier alpha value is -1.83. The lowest BCUT2D eigenvalue weighted by atomic mass is 10.1. The average molecular weight is 405 g/mol. The monoisotopic (exact) mass is 404 g/mol. The molecule has 8 heteroatoms. The highest BCUT2D eigenvalue weighted by Gasteiger charge is 2.20. The van der Waals surface area contributed by atoms with E-state index in [0.717, 1.165) is 60.1 Å². The predicted molar refractivity (Wildman–Crippen MR) is 115 cm³/mol. The molecule has 2 aromatic rings. The van der Waals surface area contributed by atoms with Crippen LogP contribution in [0.2, 0.25) is 0 Å². The zero-order valence-electron chi connectivity index (χ0n) is 17.1. The number of rotatable bonds is 10. The number of unbranched alkanes of at least 4 members (excludes halogenated alkanes) is 1. The molecule has 3 rings (SSSR count). The third-order valence-electron chi connectivity index (χ3n) is 4.95. The average Bonchev–Trinajstić information content (AvgIpc) is 3.13. The van der Waals surface area contributed by atoms with Gasteiger partial charge in [0.2, 0.25) is 5.91 Å². The maximum absolute atomic E-state index is 11.9. The highest BCUT2D eigenvalue weighted by atomic mass is 32.2. The Morgan fingerprint density at radius 1 is 1.18 bits per heavy atom. The molecule has 7 nitrogen and oxygen atoms in total. The summed E-state index contributed by atoms with van der Waals surface area (Å²) in [6.45, 7) is 7.54. The molecule has 0 bridgehead atoms. The van der Waals surface area contributed by atoms with Crippen molar-refractivity contribution in [3.8, 4) is 0 Å². The number of hydrogen-bond donors (Lipinski definition) is 1. The lowest BCUT2D eigenvalue weighted by Crippen LogP contribution is -2.30. The summed E-state index contributed by atoms with van der Waals surface area (Å²) in [7, 11) is 0. The number of thioether (sulfide) groups is 1. The van der Waals surface area contributed by atoms with Crippen molar-refractivity contribution in [3.63, 3.8) is 0 Å². The number of amides is 1. The number of piperidine rings is 1. The number of aromatic nitrogens is 4. The molecule has 2 aromatic heterocycles. The number of carbonyl (C=O) groups excluding carboxylic acids is 1. The summed E-state index contributed by atoms with van der Waals surface area (Å²) in [5.74, 6) is 2.13. The number of hydrogen-bond acceptors (Lipinski definition) is 6. The smallest absolute Gasteiger partial charge is 0.220 e. The van der Waals surface area contributed by atoms with Crippen LogP contribution >= 0.6 is 11.8 Å². The van der Waals surface area contributed by atoms with Gasteiger partial charge in [0.05, 0.1) is 18.1 Å². The maximum atomic E-state index is 11.9.